The molecule has 3 N–H and O–H groups in total. The summed E-state index contributed by atoms with van der Waals surface area (Å²) in [4.78, 5) is 12.0. The van der Waals surface area contributed by atoms with E-state index in [0.717, 1.165) is 41.0 Å². The van der Waals surface area contributed by atoms with E-state index in [1.54, 1.807) is 0 Å². The maximum absolute atomic E-state index is 12.0. The molecule has 0 aliphatic carbocycles. The molecule has 0 bridgehead atoms. The summed E-state index contributed by atoms with van der Waals surface area (Å²) in [6.45, 7) is 6.48. The highest BCUT2D eigenvalue weighted by Crippen LogP contribution is 2.39. The fourth-order valence-electron chi connectivity index (χ4n) is 3.97. The van der Waals surface area contributed by atoms with E-state index < -0.39 is 11.7 Å². The molecule has 4 rings (SSSR count). The molecule has 1 aliphatic rings. The van der Waals surface area contributed by atoms with Crippen LogP contribution >= 0.6 is 23.2 Å². The number of amides is 1. The first kappa shape index (κ1) is 24.2. The number of hydrogen-bond donors (Lipinski definition) is 3. The van der Waals surface area contributed by atoms with E-state index >= 15 is 0 Å². The second kappa shape index (κ2) is 10.2. The average molecular weight is 498 g/mol. The zero-order valence-electron chi connectivity index (χ0n) is 19.6. The van der Waals surface area contributed by atoms with Crippen LogP contribution in [0.4, 0.5) is 21.9 Å². The lowest BCUT2D eigenvalue weighted by atomic mass is 9.97. The molecule has 7 heteroatoms. The molecule has 178 valence electrons. The number of halogens is 2. The summed E-state index contributed by atoms with van der Waals surface area (Å²) < 4.78 is 5.31. The first-order valence-electron chi connectivity index (χ1n) is 11.4. The van der Waals surface area contributed by atoms with Crippen molar-refractivity contribution in [2.45, 2.75) is 39.2 Å². The number of nitrogens with one attached hydrogen (secondary N) is 3. The molecule has 5 nitrogen and oxygen atoms in total. The number of aryl methyl sites for hydroxylation is 2. The quantitative estimate of drug-likeness (QED) is 0.320. The summed E-state index contributed by atoms with van der Waals surface area (Å²) in [7, 11) is 0. The third-order valence-corrected chi connectivity index (χ3v) is 6.27. The van der Waals surface area contributed by atoms with Gasteiger partial charge in [-0.1, -0.05) is 47.5 Å². The van der Waals surface area contributed by atoms with Crippen molar-refractivity contribution in [1.82, 2.24) is 5.32 Å². The predicted octanol–water partition coefficient (Wildman–Crippen LogP) is 7.44. The van der Waals surface area contributed by atoms with Gasteiger partial charge in [-0.15, -0.1) is 0 Å². The van der Waals surface area contributed by atoms with Gasteiger partial charge < -0.3 is 20.7 Å². The molecule has 0 aromatic heterocycles. The first-order chi connectivity index (χ1) is 16.2. The van der Waals surface area contributed by atoms with Crippen LogP contribution in [0.2, 0.25) is 10.0 Å². The van der Waals surface area contributed by atoms with Gasteiger partial charge in [-0.2, -0.15) is 0 Å². The molecule has 3 aromatic rings. The number of alkyl carbamates (subject to hydrolysis) is 1. The Morgan fingerprint density at radius 3 is 2.47 bits per heavy atom. The Balaban J connectivity index is 1.60. The molecule has 3 aromatic carbocycles. The second-order valence-electron chi connectivity index (χ2n) is 9.32. The zero-order chi connectivity index (χ0) is 24.3. The van der Waals surface area contributed by atoms with Gasteiger partial charge in [-0.25, -0.2) is 4.79 Å². The first-order valence-corrected chi connectivity index (χ1v) is 12.1. The number of carbonyl (C=O) groups is 1. The monoisotopic (exact) mass is 497 g/mol. The Morgan fingerprint density at radius 1 is 0.941 bits per heavy atom. The summed E-state index contributed by atoms with van der Waals surface area (Å²) in [6, 6.07) is 18.4. The van der Waals surface area contributed by atoms with Crippen molar-refractivity contribution in [2.75, 3.05) is 23.7 Å². The molecule has 0 spiro atoms. The van der Waals surface area contributed by atoms with Crippen LogP contribution < -0.4 is 16.0 Å². The van der Waals surface area contributed by atoms with Crippen molar-refractivity contribution < 1.29 is 9.53 Å². The van der Waals surface area contributed by atoms with E-state index in [-0.39, 0.29) is 0 Å². The number of hydrogen-bond acceptors (Lipinski definition) is 4. The number of carbonyl (C=O) groups excluding carboxylic acids is 1. The molecule has 0 fully saturated rings. The Labute approximate surface area is 210 Å². The van der Waals surface area contributed by atoms with Crippen molar-refractivity contribution in [3.8, 4) is 11.1 Å². The Morgan fingerprint density at radius 2 is 1.71 bits per heavy atom. The highest BCUT2D eigenvalue weighted by molar-refractivity contribution is 6.42. The van der Waals surface area contributed by atoms with Crippen molar-refractivity contribution >= 4 is 46.4 Å². The maximum atomic E-state index is 12.0. The Kier molecular flexibility index (Phi) is 7.24. The molecule has 0 saturated carbocycles. The van der Waals surface area contributed by atoms with Gasteiger partial charge >= 0.3 is 6.09 Å². The van der Waals surface area contributed by atoms with E-state index in [2.05, 4.69) is 46.3 Å². The van der Waals surface area contributed by atoms with Crippen molar-refractivity contribution in [3.05, 3.63) is 75.8 Å². The number of para-hydroxylation sites is 1. The molecule has 1 heterocycles. The van der Waals surface area contributed by atoms with Crippen LogP contribution in [0.1, 0.15) is 31.9 Å². The van der Waals surface area contributed by atoms with E-state index in [9.17, 15) is 4.79 Å². The standard InChI is InChI=1S/C27H29Cl2N3O2/c1-27(2,3)34-26(33)31-13-12-30-25-16-24-19(9-8-17-6-4-5-7-23(17)32-24)14-20(25)18-10-11-21(28)22(29)15-18/h4-7,10-11,14-16,30,32H,8-9,12-13H2,1-3H3,(H,31,33). The summed E-state index contributed by atoms with van der Waals surface area (Å²) in [6.07, 6.45) is 1.46. The lowest BCUT2D eigenvalue weighted by Crippen LogP contribution is -2.35. The van der Waals surface area contributed by atoms with Crippen LogP contribution in [0, 0.1) is 0 Å². The SMILES string of the molecule is CC(C)(C)OC(=O)NCCNc1cc2c(cc1-c1ccc(Cl)c(Cl)c1)CCc1ccccc1N2. The molecule has 34 heavy (non-hydrogen) atoms. The number of fused-ring (bicyclic) bond motifs is 2. The summed E-state index contributed by atoms with van der Waals surface area (Å²) in [5.41, 5.74) is 7.13. The van der Waals surface area contributed by atoms with Crippen LogP contribution in [-0.4, -0.2) is 24.8 Å². The zero-order valence-corrected chi connectivity index (χ0v) is 21.1. The van der Waals surface area contributed by atoms with E-state index in [1.165, 1.54) is 11.1 Å². The molecular formula is C27H29Cl2N3O2. The normalized spacial score (nSPS) is 12.6. The van der Waals surface area contributed by atoms with Crippen molar-refractivity contribution in [1.29, 1.82) is 0 Å². The molecule has 0 saturated heterocycles. The van der Waals surface area contributed by atoms with Crippen molar-refractivity contribution in [3.63, 3.8) is 0 Å². The topological polar surface area (TPSA) is 62.4 Å². The smallest absolute Gasteiger partial charge is 0.407 e. The molecule has 0 radical (unpaired) electrons. The molecular weight excluding hydrogens is 469 g/mol. The second-order valence-corrected chi connectivity index (χ2v) is 10.1. The van der Waals surface area contributed by atoms with Gasteiger partial charge in [0.05, 0.1) is 10.0 Å². The fourth-order valence-corrected chi connectivity index (χ4v) is 4.27. The van der Waals surface area contributed by atoms with E-state index in [4.69, 9.17) is 27.9 Å². The Hall–Kier alpha value is -2.89. The third-order valence-electron chi connectivity index (χ3n) is 5.53. The highest BCUT2D eigenvalue weighted by atomic mass is 35.5. The maximum Gasteiger partial charge on any atom is 0.407 e. The van der Waals surface area contributed by atoms with Gasteiger partial charge in [-0.3, -0.25) is 0 Å². The van der Waals surface area contributed by atoms with Crippen LogP contribution in [0.3, 0.4) is 0 Å². The Bertz CT molecular complexity index is 1200. The van der Waals surface area contributed by atoms with E-state index in [0.29, 0.717) is 23.1 Å². The summed E-state index contributed by atoms with van der Waals surface area (Å²) >= 11 is 12.5. The minimum absolute atomic E-state index is 0.420. The molecule has 0 atom stereocenters. The van der Waals surface area contributed by atoms with Crippen LogP contribution in [-0.2, 0) is 17.6 Å². The van der Waals surface area contributed by atoms with Crippen molar-refractivity contribution in [2.24, 2.45) is 0 Å². The number of benzene rings is 3. The van der Waals surface area contributed by atoms with Gasteiger partial charge in [0.25, 0.3) is 0 Å². The molecule has 1 aliphatic heterocycles. The average Bonchev–Trinajstić information content (AvgIpc) is 2.95. The van der Waals surface area contributed by atoms with Gasteiger partial charge in [0.2, 0.25) is 0 Å². The lowest BCUT2D eigenvalue weighted by molar-refractivity contribution is 0.0530. The highest BCUT2D eigenvalue weighted by Gasteiger charge is 2.18. The van der Waals surface area contributed by atoms with Gasteiger partial charge in [0.15, 0.2) is 0 Å². The van der Waals surface area contributed by atoms with Crippen LogP contribution in [0.5, 0.6) is 0 Å². The van der Waals surface area contributed by atoms with Gasteiger partial charge in [0.1, 0.15) is 5.60 Å². The number of anilines is 3. The minimum atomic E-state index is -0.530. The number of rotatable bonds is 5. The van der Waals surface area contributed by atoms with Crippen LogP contribution in [0.25, 0.3) is 11.1 Å². The largest absolute Gasteiger partial charge is 0.444 e. The molecule has 1 amide bonds. The minimum Gasteiger partial charge on any atom is -0.444 e. The lowest BCUT2D eigenvalue weighted by Gasteiger charge is -2.20. The molecule has 0 unspecified atom stereocenters. The fraction of sp³-hybridized carbons (Fsp3) is 0.296. The predicted molar refractivity (Wildman–Crippen MR) is 142 cm³/mol. The summed E-state index contributed by atoms with van der Waals surface area (Å²) in [5.74, 6) is 0. The van der Waals surface area contributed by atoms with Gasteiger partial charge in [0, 0.05) is 35.7 Å². The van der Waals surface area contributed by atoms with Crippen LogP contribution in [0.15, 0.2) is 54.6 Å². The summed E-state index contributed by atoms with van der Waals surface area (Å²) in [5, 5.41) is 10.9. The van der Waals surface area contributed by atoms with E-state index in [1.807, 2.05) is 45.0 Å². The van der Waals surface area contributed by atoms with Gasteiger partial charge in [-0.05, 0) is 80.6 Å². The number of ether oxygens (including phenoxy) is 1. The third kappa shape index (κ3) is 5.96.